The van der Waals surface area contributed by atoms with Gasteiger partial charge < -0.3 is 10.1 Å². The Hall–Kier alpha value is -3.22. The molecular formula is C18H19N5O2. The normalized spacial score (nSPS) is 10.5. The summed E-state index contributed by atoms with van der Waals surface area (Å²) in [4.78, 5) is 19.8. The zero-order valence-corrected chi connectivity index (χ0v) is 14.4. The number of nitrogens with zero attached hydrogens (tertiary/aromatic N) is 4. The van der Waals surface area contributed by atoms with E-state index >= 15 is 0 Å². The lowest BCUT2D eigenvalue weighted by Crippen LogP contribution is -2.09. The van der Waals surface area contributed by atoms with Crippen molar-refractivity contribution in [3.8, 4) is 17.4 Å². The summed E-state index contributed by atoms with van der Waals surface area (Å²) in [5.41, 5.74) is 2.63. The van der Waals surface area contributed by atoms with Crippen molar-refractivity contribution in [2.24, 2.45) is 0 Å². The molecule has 0 aliphatic carbocycles. The number of hydrogen-bond donors (Lipinski definition) is 1. The summed E-state index contributed by atoms with van der Waals surface area (Å²) >= 11 is 0. The van der Waals surface area contributed by atoms with Crippen molar-refractivity contribution in [1.82, 2.24) is 19.7 Å². The fourth-order valence-electron chi connectivity index (χ4n) is 2.34. The largest absolute Gasteiger partial charge is 0.439 e. The third-order valence-electron chi connectivity index (χ3n) is 3.54. The Labute approximate surface area is 145 Å². The average Bonchev–Trinajstić information content (AvgIpc) is 2.95. The van der Waals surface area contributed by atoms with Gasteiger partial charge in [-0.1, -0.05) is 6.92 Å². The number of amides is 1. The third kappa shape index (κ3) is 4.00. The van der Waals surface area contributed by atoms with Crippen LogP contribution in [0.3, 0.4) is 0 Å². The predicted octanol–water partition coefficient (Wildman–Crippen LogP) is 3.42. The highest BCUT2D eigenvalue weighted by atomic mass is 16.5. The molecule has 0 saturated carbocycles. The molecule has 1 aromatic carbocycles. The maximum Gasteiger partial charge on any atom is 0.224 e. The molecule has 25 heavy (non-hydrogen) atoms. The van der Waals surface area contributed by atoms with Crippen LogP contribution >= 0.6 is 0 Å². The lowest BCUT2D eigenvalue weighted by atomic mass is 10.3. The van der Waals surface area contributed by atoms with Crippen molar-refractivity contribution in [2.75, 3.05) is 5.32 Å². The van der Waals surface area contributed by atoms with Crippen LogP contribution in [0.15, 0.2) is 42.7 Å². The minimum atomic E-state index is -0.0287. The first-order valence-electron chi connectivity index (χ1n) is 7.98. The van der Waals surface area contributed by atoms with E-state index in [0.29, 0.717) is 23.9 Å². The Bertz CT molecular complexity index is 887. The van der Waals surface area contributed by atoms with Gasteiger partial charge in [0.25, 0.3) is 0 Å². The molecule has 0 aliphatic rings. The van der Waals surface area contributed by atoms with Crippen molar-refractivity contribution in [2.45, 2.75) is 27.2 Å². The summed E-state index contributed by atoms with van der Waals surface area (Å²) in [6, 6.07) is 10.8. The second-order valence-corrected chi connectivity index (χ2v) is 5.58. The van der Waals surface area contributed by atoms with Gasteiger partial charge in [0, 0.05) is 23.9 Å². The first-order chi connectivity index (χ1) is 12.0. The van der Waals surface area contributed by atoms with Crippen LogP contribution in [0.1, 0.15) is 24.7 Å². The highest BCUT2D eigenvalue weighted by Gasteiger charge is 2.08. The maximum atomic E-state index is 11.4. The van der Waals surface area contributed by atoms with Crippen LogP contribution in [0, 0.1) is 13.8 Å². The van der Waals surface area contributed by atoms with Crippen LogP contribution in [-0.4, -0.2) is 25.7 Å². The molecule has 0 fully saturated rings. The van der Waals surface area contributed by atoms with Crippen molar-refractivity contribution < 1.29 is 9.53 Å². The molecule has 0 bridgehead atoms. The molecule has 2 aromatic heterocycles. The molecule has 0 atom stereocenters. The molecule has 128 valence electrons. The summed E-state index contributed by atoms with van der Waals surface area (Å²) in [6.07, 6.45) is 1.88. The Morgan fingerprint density at radius 1 is 1.16 bits per heavy atom. The summed E-state index contributed by atoms with van der Waals surface area (Å²) in [6.45, 7) is 5.70. The second-order valence-electron chi connectivity index (χ2n) is 5.58. The van der Waals surface area contributed by atoms with Crippen LogP contribution < -0.4 is 10.1 Å². The first-order valence-corrected chi connectivity index (χ1v) is 7.98. The molecule has 1 amide bonds. The van der Waals surface area contributed by atoms with E-state index in [1.54, 1.807) is 35.0 Å². The molecular weight excluding hydrogens is 318 g/mol. The maximum absolute atomic E-state index is 11.4. The fraction of sp³-hybridized carbons (Fsp3) is 0.222. The number of aromatic nitrogens is 4. The molecule has 1 N–H and O–H groups in total. The van der Waals surface area contributed by atoms with Gasteiger partial charge in [-0.25, -0.2) is 14.6 Å². The molecule has 3 aromatic rings. The number of benzene rings is 1. The number of carbonyl (C=O) groups is 1. The van der Waals surface area contributed by atoms with E-state index in [0.717, 1.165) is 17.1 Å². The number of anilines is 1. The third-order valence-corrected chi connectivity index (χ3v) is 3.54. The van der Waals surface area contributed by atoms with Crippen LogP contribution in [0.5, 0.6) is 11.6 Å². The summed E-state index contributed by atoms with van der Waals surface area (Å²) < 4.78 is 7.51. The van der Waals surface area contributed by atoms with Crippen molar-refractivity contribution in [3.05, 3.63) is 54.1 Å². The molecule has 0 saturated heterocycles. The van der Waals surface area contributed by atoms with Crippen LogP contribution in [0.25, 0.3) is 5.82 Å². The highest BCUT2D eigenvalue weighted by Crippen LogP contribution is 2.22. The Kier molecular flexibility index (Phi) is 4.74. The van der Waals surface area contributed by atoms with E-state index < -0.39 is 0 Å². The predicted molar refractivity (Wildman–Crippen MR) is 94.1 cm³/mol. The molecule has 7 nitrogen and oxygen atoms in total. The topological polar surface area (TPSA) is 81.9 Å². The molecule has 0 spiro atoms. The van der Waals surface area contributed by atoms with Gasteiger partial charge in [-0.2, -0.15) is 5.10 Å². The van der Waals surface area contributed by atoms with E-state index in [-0.39, 0.29) is 5.91 Å². The van der Waals surface area contributed by atoms with Gasteiger partial charge in [-0.05, 0) is 44.2 Å². The van der Waals surface area contributed by atoms with Crippen LogP contribution in [-0.2, 0) is 4.79 Å². The van der Waals surface area contributed by atoms with E-state index in [2.05, 4.69) is 20.4 Å². The molecule has 0 aliphatic heterocycles. The Balaban J connectivity index is 1.76. The second kappa shape index (κ2) is 7.12. The zero-order valence-electron chi connectivity index (χ0n) is 14.4. The fourth-order valence-corrected chi connectivity index (χ4v) is 2.34. The molecule has 0 unspecified atom stereocenters. The number of ether oxygens (including phenoxy) is 1. The highest BCUT2D eigenvalue weighted by molar-refractivity contribution is 5.90. The van der Waals surface area contributed by atoms with Gasteiger partial charge in [0.05, 0.1) is 5.69 Å². The Morgan fingerprint density at radius 3 is 2.56 bits per heavy atom. The lowest BCUT2D eigenvalue weighted by molar-refractivity contribution is -0.115. The van der Waals surface area contributed by atoms with E-state index in [4.69, 9.17) is 4.74 Å². The SMILES string of the molecule is CCC(=O)Nc1ccc(Oc2cc(-n3nc(C)cc3C)ncn2)cc1. The first kappa shape index (κ1) is 16.6. The molecule has 2 heterocycles. The van der Waals surface area contributed by atoms with Crippen molar-refractivity contribution in [3.63, 3.8) is 0 Å². The number of nitrogens with one attached hydrogen (secondary N) is 1. The van der Waals surface area contributed by atoms with Crippen molar-refractivity contribution in [1.29, 1.82) is 0 Å². The smallest absolute Gasteiger partial charge is 0.224 e. The minimum Gasteiger partial charge on any atom is -0.439 e. The van der Waals surface area contributed by atoms with Gasteiger partial charge >= 0.3 is 0 Å². The number of rotatable bonds is 5. The van der Waals surface area contributed by atoms with E-state index in [1.807, 2.05) is 26.8 Å². The van der Waals surface area contributed by atoms with Gasteiger partial charge in [0.2, 0.25) is 11.8 Å². The molecule has 0 radical (unpaired) electrons. The summed E-state index contributed by atoms with van der Waals surface area (Å²) in [5, 5.41) is 7.20. The van der Waals surface area contributed by atoms with Gasteiger partial charge in [0.15, 0.2) is 5.82 Å². The van der Waals surface area contributed by atoms with Crippen LogP contribution in [0.2, 0.25) is 0 Å². The van der Waals surface area contributed by atoms with Gasteiger partial charge in [0.1, 0.15) is 12.1 Å². The summed E-state index contributed by atoms with van der Waals surface area (Å²) in [7, 11) is 0. The Morgan fingerprint density at radius 2 is 1.92 bits per heavy atom. The number of hydrogen-bond acceptors (Lipinski definition) is 5. The minimum absolute atomic E-state index is 0.0287. The van der Waals surface area contributed by atoms with Gasteiger partial charge in [-0.3, -0.25) is 4.79 Å². The average molecular weight is 337 g/mol. The van der Waals surface area contributed by atoms with E-state index in [1.165, 1.54) is 6.33 Å². The number of aryl methyl sites for hydroxylation is 2. The standard InChI is InChI=1S/C18H19N5O2/c1-4-17(24)21-14-5-7-15(8-6-14)25-18-10-16(19-11-20-18)23-13(3)9-12(2)22-23/h5-11H,4H2,1-3H3,(H,21,24). The van der Waals surface area contributed by atoms with Crippen LogP contribution in [0.4, 0.5) is 5.69 Å². The van der Waals surface area contributed by atoms with Gasteiger partial charge in [-0.15, -0.1) is 0 Å². The molecule has 3 rings (SSSR count). The number of carbonyl (C=O) groups excluding carboxylic acids is 1. The lowest BCUT2D eigenvalue weighted by Gasteiger charge is -2.08. The summed E-state index contributed by atoms with van der Waals surface area (Å²) in [5.74, 6) is 1.65. The zero-order chi connectivity index (χ0) is 17.8. The van der Waals surface area contributed by atoms with E-state index in [9.17, 15) is 4.79 Å². The van der Waals surface area contributed by atoms with Crippen molar-refractivity contribution >= 4 is 11.6 Å². The molecule has 7 heteroatoms. The quantitative estimate of drug-likeness (QED) is 0.771. The monoisotopic (exact) mass is 337 g/mol.